The molecule has 0 aromatic heterocycles. The van der Waals surface area contributed by atoms with E-state index in [1.807, 2.05) is 0 Å². The van der Waals surface area contributed by atoms with E-state index in [2.05, 4.69) is 0 Å². The van der Waals surface area contributed by atoms with E-state index in [1.165, 1.54) is 18.2 Å². The van der Waals surface area contributed by atoms with E-state index in [4.69, 9.17) is 10.5 Å². The molecular formula is C15H15FN2O3. The summed E-state index contributed by atoms with van der Waals surface area (Å²) in [5.74, 6) is -0.204. The molecule has 2 N–H and O–H groups in total. The number of nitrogens with zero attached hydrogens (tertiary/aromatic N) is 1. The Morgan fingerprint density at radius 2 is 1.95 bits per heavy atom. The molecule has 0 fully saturated rings. The molecule has 6 heteroatoms. The number of nitro benzene ring substituents is 1. The van der Waals surface area contributed by atoms with E-state index >= 15 is 0 Å². The molecule has 0 atom stereocenters. The predicted octanol–water partition coefficient (Wildman–Crippen LogP) is 3.60. The molecular weight excluding hydrogens is 275 g/mol. The summed E-state index contributed by atoms with van der Waals surface area (Å²) in [7, 11) is 0. The predicted molar refractivity (Wildman–Crippen MR) is 76.9 cm³/mol. The summed E-state index contributed by atoms with van der Waals surface area (Å²) >= 11 is 0. The van der Waals surface area contributed by atoms with Crippen LogP contribution in [-0.2, 0) is 6.54 Å². The lowest BCUT2D eigenvalue weighted by Gasteiger charge is -2.11. The minimum absolute atomic E-state index is 0.110. The minimum atomic E-state index is -0.515. The maximum absolute atomic E-state index is 13.5. The third kappa shape index (κ3) is 3.35. The van der Waals surface area contributed by atoms with Crippen molar-refractivity contribution in [2.24, 2.45) is 5.73 Å². The molecule has 0 aliphatic rings. The zero-order valence-corrected chi connectivity index (χ0v) is 11.7. The fourth-order valence-electron chi connectivity index (χ4n) is 2.12. The summed E-state index contributed by atoms with van der Waals surface area (Å²) in [5.41, 5.74) is 7.25. The summed E-state index contributed by atoms with van der Waals surface area (Å²) in [6.45, 7) is 3.63. The Balaban J connectivity index is 2.48. The molecule has 0 saturated heterocycles. The highest BCUT2D eigenvalue weighted by atomic mass is 19.1. The van der Waals surface area contributed by atoms with Gasteiger partial charge in [-0.1, -0.05) is 6.07 Å². The van der Waals surface area contributed by atoms with E-state index in [0.29, 0.717) is 11.1 Å². The Hall–Kier alpha value is -2.47. The number of hydrogen-bond donors (Lipinski definition) is 1. The average molecular weight is 290 g/mol. The van der Waals surface area contributed by atoms with Gasteiger partial charge in [-0.3, -0.25) is 10.1 Å². The number of ether oxygens (including phenoxy) is 1. The number of benzene rings is 2. The van der Waals surface area contributed by atoms with Gasteiger partial charge >= 0.3 is 5.69 Å². The first-order valence-corrected chi connectivity index (χ1v) is 6.33. The van der Waals surface area contributed by atoms with Gasteiger partial charge in [0.15, 0.2) is 0 Å². The lowest BCUT2D eigenvalue weighted by molar-refractivity contribution is -0.385. The molecule has 21 heavy (non-hydrogen) atoms. The SMILES string of the molecule is Cc1cc(C)c(Oc2cc(F)cc(CN)c2)c([N+](=O)[O-])c1. The first kappa shape index (κ1) is 14.9. The molecule has 0 heterocycles. The van der Waals surface area contributed by atoms with Crippen molar-refractivity contribution in [2.45, 2.75) is 20.4 Å². The van der Waals surface area contributed by atoms with Crippen LogP contribution in [-0.4, -0.2) is 4.92 Å². The van der Waals surface area contributed by atoms with Gasteiger partial charge < -0.3 is 10.5 Å². The standard InChI is InChI=1S/C15H15FN2O3/c1-9-3-10(2)15(14(4-9)18(19)20)21-13-6-11(8-17)5-12(16)7-13/h3-7H,8,17H2,1-2H3. The Kier molecular flexibility index (Phi) is 4.18. The van der Waals surface area contributed by atoms with E-state index in [9.17, 15) is 14.5 Å². The van der Waals surface area contributed by atoms with E-state index < -0.39 is 10.7 Å². The highest BCUT2D eigenvalue weighted by Gasteiger charge is 2.19. The van der Waals surface area contributed by atoms with Crippen LogP contribution in [0.3, 0.4) is 0 Å². The summed E-state index contributed by atoms with van der Waals surface area (Å²) < 4.78 is 19.0. The summed E-state index contributed by atoms with van der Waals surface area (Å²) in [4.78, 5) is 10.6. The number of aryl methyl sites for hydroxylation is 2. The van der Waals surface area contributed by atoms with Gasteiger partial charge in [0.2, 0.25) is 5.75 Å². The second-order valence-corrected chi connectivity index (χ2v) is 4.79. The van der Waals surface area contributed by atoms with E-state index in [1.54, 1.807) is 26.0 Å². The van der Waals surface area contributed by atoms with Crippen LogP contribution < -0.4 is 10.5 Å². The van der Waals surface area contributed by atoms with Crippen LogP contribution in [0.15, 0.2) is 30.3 Å². The first-order chi connectivity index (χ1) is 9.90. The summed E-state index contributed by atoms with van der Waals surface area (Å²) in [5, 5.41) is 11.1. The van der Waals surface area contributed by atoms with Crippen molar-refractivity contribution < 1.29 is 14.1 Å². The fourth-order valence-corrected chi connectivity index (χ4v) is 2.12. The topological polar surface area (TPSA) is 78.4 Å². The Morgan fingerprint density at radius 3 is 2.57 bits per heavy atom. The van der Waals surface area contributed by atoms with Gasteiger partial charge in [-0.2, -0.15) is 0 Å². The smallest absolute Gasteiger partial charge is 0.312 e. The maximum atomic E-state index is 13.5. The van der Waals surface area contributed by atoms with Gasteiger partial charge in [0.1, 0.15) is 11.6 Å². The first-order valence-electron chi connectivity index (χ1n) is 6.33. The maximum Gasteiger partial charge on any atom is 0.312 e. The normalized spacial score (nSPS) is 10.5. The highest BCUT2D eigenvalue weighted by Crippen LogP contribution is 2.36. The van der Waals surface area contributed by atoms with Gasteiger partial charge in [0, 0.05) is 18.7 Å². The van der Waals surface area contributed by atoms with Gasteiger partial charge in [0.05, 0.1) is 4.92 Å². The molecule has 2 aromatic rings. The van der Waals surface area contributed by atoms with E-state index in [-0.39, 0.29) is 23.7 Å². The Labute approximate surface area is 121 Å². The van der Waals surface area contributed by atoms with Crippen LogP contribution >= 0.6 is 0 Å². The molecule has 0 aliphatic heterocycles. The van der Waals surface area contributed by atoms with Crippen LogP contribution in [0, 0.1) is 29.8 Å². The van der Waals surface area contributed by atoms with Crippen LogP contribution in [0.2, 0.25) is 0 Å². The monoisotopic (exact) mass is 290 g/mol. The molecule has 0 spiro atoms. The van der Waals surface area contributed by atoms with Gasteiger partial charge in [-0.25, -0.2) is 4.39 Å². The molecule has 2 rings (SSSR count). The molecule has 110 valence electrons. The van der Waals surface area contributed by atoms with E-state index in [0.717, 1.165) is 5.56 Å². The number of hydrogen-bond acceptors (Lipinski definition) is 4. The number of nitrogens with two attached hydrogens (primary N) is 1. The van der Waals surface area contributed by atoms with Crippen molar-refractivity contribution in [1.29, 1.82) is 0 Å². The number of nitro groups is 1. The third-order valence-electron chi connectivity index (χ3n) is 2.98. The van der Waals surface area contributed by atoms with Crippen molar-refractivity contribution in [1.82, 2.24) is 0 Å². The average Bonchev–Trinajstić information content (AvgIpc) is 2.40. The van der Waals surface area contributed by atoms with Crippen LogP contribution in [0.5, 0.6) is 11.5 Å². The molecule has 0 aliphatic carbocycles. The van der Waals surface area contributed by atoms with Gasteiger partial charge in [-0.15, -0.1) is 0 Å². The van der Waals surface area contributed by atoms with Gasteiger partial charge in [-0.05, 0) is 42.7 Å². The molecule has 0 radical (unpaired) electrons. The van der Waals surface area contributed by atoms with Crippen LogP contribution in [0.25, 0.3) is 0 Å². The Morgan fingerprint density at radius 1 is 1.24 bits per heavy atom. The van der Waals surface area contributed by atoms with Gasteiger partial charge in [0.25, 0.3) is 0 Å². The van der Waals surface area contributed by atoms with Crippen LogP contribution in [0.1, 0.15) is 16.7 Å². The lowest BCUT2D eigenvalue weighted by atomic mass is 10.1. The minimum Gasteiger partial charge on any atom is -0.450 e. The zero-order chi connectivity index (χ0) is 15.6. The largest absolute Gasteiger partial charge is 0.450 e. The fraction of sp³-hybridized carbons (Fsp3) is 0.200. The third-order valence-corrected chi connectivity index (χ3v) is 2.98. The quantitative estimate of drug-likeness (QED) is 0.689. The lowest BCUT2D eigenvalue weighted by Crippen LogP contribution is -2.00. The second kappa shape index (κ2) is 5.88. The van der Waals surface area contributed by atoms with Crippen molar-refractivity contribution in [3.05, 3.63) is 63.0 Å². The van der Waals surface area contributed by atoms with Crippen molar-refractivity contribution in [3.63, 3.8) is 0 Å². The zero-order valence-electron chi connectivity index (χ0n) is 11.7. The highest BCUT2D eigenvalue weighted by molar-refractivity contribution is 5.55. The molecule has 2 aromatic carbocycles. The van der Waals surface area contributed by atoms with Crippen molar-refractivity contribution >= 4 is 5.69 Å². The second-order valence-electron chi connectivity index (χ2n) is 4.79. The number of rotatable bonds is 4. The number of halogens is 1. The molecule has 0 unspecified atom stereocenters. The van der Waals surface area contributed by atoms with Crippen LogP contribution in [0.4, 0.5) is 10.1 Å². The molecule has 0 saturated carbocycles. The van der Waals surface area contributed by atoms with Crippen molar-refractivity contribution in [3.8, 4) is 11.5 Å². The molecule has 5 nitrogen and oxygen atoms in total. The Bertz CT molecular complexity index is 702. The molecule has 0 bridgehead atoms. The molecule has 0 amide bonds. The summed E-state index contributed by atoms with van der Waals surface area (Å²) in [6, 6.07) is 7.22. The van der Waals surface area contributed by atoms with Crippen molar-refractivity contribution in [2.75, 3.05) is 0 Å². The summed E-state index contributed by atoms with van der Waals surface area (Å²) in [6.07, 6.45) is 0.